The Morgan fingerprint density at radius 2 is 1.80 bits per heavy atom. The molecule has 0 spiro atoms. The van der Waals surface area contributed by atoms with Gasteiger partial charge in [-0.1, -0.05) is 44.8 Å². The molecule has 1 atom stereocenters. The molecule has 0 aliphatic carbocycles. The lowest BCUT2D eigenvalue weighted by Crippen LogP contribution is -1.97. The van der Waals surface area contributed by atoms with Crippen LogP contribution in [-0.4, -0.2) is 12.6 Å². The Morgan fingerprint density at radius 1 is 1.07 bits per heavy atom. The van der Waals surface area contributed by atoms with Crippen molar-refractivity contribution in [3.63, 3.8) is 0 Å². The van der Waals surface area contributed by atoms with Gasteiger partial charge in [0.1, 0.15) is 12.6 Å². The molecule has 0 N–H and O–H groups in total. The molecular formula is C13H22O2. The van der Waals surface area contributed by atoms with E-state index in [1.165, 1.54) is 32.1 Å². The van der Waals surface area contributed by atoms with Gasteiger partial charge < -0.3 is 9.59 Å². The van der Waals surface area contributed by atoms with Gasteiger partial charge in [-0.05, 0) is 12.8 Å². The molecule has 0 radical (unpaired) electrons. The lowest BCUT2D eigenvalue weighted by molar-refractivity contribution is -0.114. The van der Waals surface area contributed by atoms with Crippen LogP contribution in [0.2, 0.25) is 0 Å². The van der Waals surface area contributed by atoms with Crippen molar-refractivity contribution < 1.29 is 9.59 Å². The van der Waals surface area contributed by atoms with Crippen LogP contribution in [0.15, 0.2) is 12.2 Å². The minimum absolute atomic E-state index is 0.210. The minimum Gasteiger partial charge on any atom is -0.303 e. The highest BCUT2D eigenvalue weighted by atomic mass is 16.1. The van der Waals surface area contributed by atoms with E-state index in [2.05, 4.69) is 6.92 Å². The van der Waals surface area contributed by atoms with Crippen LogP contribution in [0, 0.1) is 5.92 Å². The van der Waals surface area contributed by atoms with E-state index in [1.807, 2.05) is 12.2 Å². The first-order chi connectivity index (χ1) is 7.35. The second-order valence-electron chi connectivity index (χ2n) is 3.83. The number of allylic oxidation sites excluding steroid dienone is 2. The van der Waals surface area contributed by atoms with E-state index in [-0.39, 0.29) is 5.92 Å². The smallest absolute Gasteiger partial charge is 0.127 e. The first kappa shape index (κ1) is 14.1. The predicted molar refractivity (Wildman–Crippen MR) is 62.8 cm³/mol. The second-order valence-corrected chi connectivity index (χ2v) is 3.83. The highest BCUT2D eigenvalue weighted by Gasteiger charge is 1.99. The van der Waals surface area contributed by atoms with Gasteiger partial charge in [0, 0.05) is 12.3 Å². The summed E-state index contributed by atoms with van der Waals surface area (Å²) in [7, 11) is 0. The molecule has 0 fully saturated rings. The third-order valence-corrected chi connectivity index (χ3v) is 2.40. The zero-order chi connectivity index (χ0) is 11.4. The molecule has 0 rings (SSSR count). The number of carbonyl (C=O) groups excluding carboxylic acids is 2. The standard InChI is InChI=1S/C13H22O2/c1-2-3-4-5-6-7-8-9-13(12-15)10-11-14/h8-9,11-13H,2-7,10H2,1H3. The van der Waals surface area contributed by atoms with Gasteiger partial charge in [0.25, 0.3) is 0 Å². The monoisotopic (exact) mass is 210 g/mol. The number of aldehydes is 2. The Balaban J connectivity index is 3.42. The molecule has 2 nitrogen and oxygen atoms in total. The van der Waals surface area contributed by atoms with Crippen molar-refractivity contribution in [2.75, 3.05) is 0 Å². The van der Waals surface area contributed by atoms with Gasteiger partial charge in [-0.15, -0.1) is 0 Å². The van der Waals surface area contributed by atoms with Crippen LogP contribution in [0.5, 0.6) is 0 Å². The Kier molecular flexibility index (Phi) is 10.5. The third-order valence-electron chi connectivity index (χ3n) is 2.40. The second kappa shape index (κ2) is 11.2. The number of rotatable bonds is 10. The number of hydrogen-bond acceptors (Lipinski definition) is 2. The maximum Gasteiger partial charge on any atom is 0.127 e. The van der Waals surface area contributed by atoms with Crippen LogP contribution >= 0.6 is 0 Å². The lowest BCUT2D eigenvalue weighted by Gasteiger charge is -1.98. The van der Waals surface area contributed by atoms with E-state index in [4.69, 9.17) is 0 Å². The van der Waals surface area contributed by atoms with Crippen molar-refractivity contribution in [3.8, 4) is 0 Å². The average molecular weight is 210 g/mol. The van der Waals surface area contributed by atoms with Crippen molar-refractivity contribution in [1.82, 2.24) is 0 Å². The summed E-state index contributed by atoms with van der Waals surface area (Å²) in [6.07, 6.45) is 13.2. The molecule has 0 saturated carbocycles. The number of unbranched alkanes of at least 4 members (excludes halogenated alkanes) is 5. The van der Waals surface area contributed by atoms with E-state index < -0.39 is 0 Å². The predicted octanol–water partition coefficient (Wildman–Crippen LogP) is 3.31. The minimum atomic E-state index is -0.210. The summed E-state index contributed by atoms with van der Waals surface area (Å²) in [5.41, 5.74) is 0. The van der Waals surface area contributed by atoms with Crippen LogP contribution in [0.25, 0.3) is 0 Å². The fraction of sp³-hybridized carbons (Fsp3) is 0.692. The average Bonchev–Trinajstić information content (AvgIpc) is 2.26. The summed E-state index contributed by atoms with van der Waals surface area (Å²) in [6.45, 7) is 2.20. The zero-order valence-electron chi connectivity index (χ0n) is 9.65. The van der Waals surface area contributed by atoms with Crippen molar-refractivity contribution in [2.24, 2.45) is 5.92 Å². The molecule has 2 heteroatoms. The number of hydrogen-bond donors (Lipinski definition) is 0. The van der Waals surface area contributed by atoms with Gasteiger partial charge in [-0.3, -0.25) is 0 Å². The summed E-state index contributed by atoms with van der Waals surface area (Å²) in [6, 6.07) is 0. The molecular weight excluding hydrogens is 188 g/mol. The van der Waals surface area contributed by atoms with E-state index in [9.17, 15) is 9.59 Å². The van der Waals surface area contributed by atoms with Crippen LogP contribution in [0.1, 0.15) is 51.9 Å². The van der Waals surface area contributed by atoms with E-state index in [1.54, 1.807) is 0 Å². The lowest BCUT2D eigenvalue weighted by atomic mass is 10.1. The summed E-state index contributed by atoms with van der Waals surface area (Å²) in [4.78, 5) is 20.7. The SMILES string of the molecule is CCCCCCCC=CC(C=O)CC=O. The van der Waals surface area contributed by atoms with Crippen LogP contribution in [0.3, 0.4) is 0 Å². The Labute approximate surface area is 92.8 Å². The maximum atomic E-state index is 10.5. The normalized spacial score (nSPS) is 12.9. The van der Waals surface area contributed by atoms with Gasteiger partial charge in [0.2, 0.25) is 0 Å². The first-order valence-corrected chi connectivity index (χ1v) is 5.90. The fourth-order valence-electron chi connectivity index (χ4n) is 1.43. The summed E-state index contributed by atoms with van der Waals surface area (Å²) in [5, 5.41) is 0. The first-order valence-electron chi connectivity index (χ1n) is 5.90. The molecule has 0 amide bonds. The molecule has 15 heavy (non-hydrogen) atoms. The van der Waals surface area contributed by atoms with Crippen molar-refractivity contribution in [2.45, 2.75) is 51.9 Å². The van der Waals surface area contributed by atoms with Crippen molar-refractivity contribution >= 4 is 12.6 Å². The number of carbonyl (C=O) groups is 2. The highest BCUT2D eigenvalue weighted by Crippen LogP contribution is 2.07. The summed E-state index contributed by atoms with van der Waals surface area (Å²) >= 11 is 0. The zero-order valence-corrected chi connectivity index (χ0v) is 9.65. The fourth-order valence-corrected chi connectivity index (χ4v) is 1.43. The largest absolute Gasteiger partial charge is 0.303 e. The van der Waals surface area contributed by atoms with E-state index in [0.29, 0.717) is 6.42 Å². The summed E-state index contributed by atoms with van der Waals surface area (Å²) < 4.78 is 0. The van der Waals surface area contributed by atoms with Crippen molar-refractivity contribution in [3.05, 3.63) is 12.2 Å². The molecule has 86 valence electrons. The molecule has 0 saturated heterocycles. The van der Waals surface area contributed by atoms with E-state index >= 15 is 0 Å². The molecule has 0 aromatic rings. The molecule has 0 aliphatic heterocycles. The molecule has 0 aromatic heterocycles. The van der Waals surface area contributed by atoms with Gasteiger partial charge >= 0.3 is 0 Å². The molecule has 1 unspecified atom stereocenters. The Bertz CT molecular complexity index is 185. The van der Waals surface area contributed by atoms with Gasteiger partial charge in [-0.2, -0.15) is 0 Å². The van der Waals surface area contributed by atoms with Gasteiger partial charge in [0.05, 0.1) is 0 Å². The third kappa shape index (κ3) is 9.39. The van der Waals surface area contributed by atoms with Crippen LogP contribution in [-0.2, 0) is 9.59 Å². The van der Waals surface area contributed by atoms with Crippen LogP contribution < -0.4 is 0 Å². The quantitative estimate of drug-likeness (QED) is 0.315. The molecule has 0 bridgehead atoms. The van der Waals surface area contributed by atoms with Gasteiger partial charge in [0.15, 0.2) is 0 Å². The van der Waals surface area contributed by atoms with Crippen LogP contribution in [0.4, 0.5) is 0 Å². The molecule has 0 aromatic carbocycles. The van der Waals surface area contributed by atoms with Crippen molar-refractivity contribution in [1.29, 1.82) is 0 Å². The topological polar surface area (TPSA) is 34.1 Å². The molecule has 0 heterocycles. The Hall–Kier alpha value is -0.920. The summed E-state index contributed by atoms with van der Waals surface area (Å²) in [5.74, 6) is -0.210. The Morgan fingerprint density at radius 3 is 2.40 bits per heavy atom. The van der Waals surface area contributed by atoms with Gasteiger partial charge in [-0.25, -0.2) is 0 Å². The maximum absolute atomic E-state index is 10.5. The highest BCUT2D eigenvalue weighted by molar-refractivity contribution is 5.64. The molecule has 0 aliphatic rings. The van der Waals surface area contributed by atoms with E-state index in [0.717, 1.165) is 19.0 Å².